The van der Waals surface area contributed by atoms with Crippen LogP contribution in [0.4, 0.5) is 0 Å². The fourth-order valence-electron chi connectivity index (χ4n) is 3.08. The highest BCUT2D eigenvalue weighted by Crippen LogP contribution is 2.27. The van der Waals surface area contributed by atoms with Crippen LogP contribution >= 0.6 is 0 Å². The summed E-state index contributed by atoms with van der Waals surface area (Å²) in [5.74, 6) is 2.62. The van der Waals surface area contributed by atoms with Gasteiger partial charge in [0, 0.05) is 18.7 Å². The highest BCUT2D eigenvalue weighted by Gasteiger charge is 2.20. The van der Waals surface area contributed by atoms with Gasteiger partial charge in [0.1, 0.15) is 11.5 Å². The fraction of sp³-hybridized carbons (Fsp3) is 0.647. The van der Waals surface area contributed by atoms with Gasteiger partial charge in [0.05, 0.1) is 14.2 Å². The zero-order valence-electron chi connectivity index (χ0n) is 12.9. The summed E-state index contributed by atoms with van der Waals surface area (Å²) in [6.45, 7) is 3.19. The molecule has 0 saturated heterocycles. The molecule has 2 unspecified atom stereocenters. The van der Waals surface area contributed by atoms with Crippen molar-refractivity contribution in [3.8, 4) is 11.5 Å². The van der Waals surface area contributed by atoms with E-state index in [2.05, 4.69) is 24.4 Å². The molecule has 1 N–H and O–H groups in total. The van der Waals surface area contributed by atoms with E-state index >= 15 is 0 Å². The zero-order chi connectivity index (χ0) is 14.4. The predicted molar refractivity (Wildman–Crippen MR) is 82.4 cm³/mol. The van der Waals surface area contributed by atoms with Gasteiger partial charge < -0.3 is 14.8 Å². The molecule has 3 nitrogen and oxygen atoms in total. The lowest BCUT2D eigenvalue weighted by atomic mass is 9.84. The number of nitrogens with one attached hydrogen (secondary N) is 1. The largest absolute Gasteiger partial charge is 0.497 e. The van der Waals surface area contributed by atoms with Crippen molar-refractivity contribution in [1.82, 2.24) is 5.32 Å². The normalized spacial score (nSPS) is 22.6. The zero-order valence-corrected chi connectivity index (χ0v) is 12.9. The lowest BCUT2D eigenvalue weighted by molar-refractivity contribution is 0.278. The molecular weight excluding hydrogens is 250 g/mol. The summed E-state index contributed by atoms with van der Waals surface area (Å²) in [6, 6.07) is 6.73. The molecular formula is C17H27NO2. The van der Waals surface area contributed by atoms with Crippen LogP contribution in [0.5, 0.6) is 11.5 Å². The van der Waals surface area contributed by atoms with E-state index < -0.39 is 0 Å². The van der Waals surface area contributed by atoms with Crippen molar-refractivity contribution in [2.24, 2.45) is 5.92 Å². The van der Waals surface area contributed by atoms with Gasteiger partial charge in [-0.1, -0.05) is 26.2 Å². The molecule has 1 aromatic rings. The fourth-order valence-corrected chi connectivity index (χ4v) is 3.08. The molecule has 112 valence electrons. The lowest BCUT2D eigenvalue weighted by Gasteiger charge is -2.29. The average molecular weight is 277 g/mol. The summed E-state index contributed by atoms with van der Waals surface area (Å²) in [5.41, 5.74) is 1.22. The van der Waals surface area contributed by atoms with Gasteiger partial charge in [0.25, 0.3) is 0 Å². The van der Waals surface area contributed by atoms with E-state index in [0.717, 1.165) is 24.0 Å². The Kier molecular flexibility index (Phi) is 5.72. The first-order chi connectivity index (χ1) is 9.75. The first-order valence-corrected chi connectivity index (χ1v) is 7.70. The van der Waals surface area contributed by atoms with Gasteiger partial charge >= 0.3 is 0 Å². The van der Waals surface area contributed by atoms with E-state index in [0.29, 0.717) is 6.04 Å². The number of methoxy groups -OCH3 is 2. The molecule has 2 atom stereocenters. The van der Waals surface area contributed by atoms with E-state index in [4.69, 9.17) is 9.47 Å². The minimum absolute atomic E-state index is 0.658. The average Bonchev–Trinajstić information content (AvgIpc) is 2.52. The molecule has 3 heteroatoms. The van der Waals surface area contributed by atoms with Crippen molar-refractivity contribution in [2.45, 2.75) is 51.6 Å². The number of hydrogen-bond donors (Lipinski definition) is 1. The highest BCUT2D eigenvalue weighted by molar-refractivity contribution is 5.38. The Labute approximate surface area is 122 Å². The summed E-state index contributed by atoms with van der Waals surface area (Å²) in [5, 5.41) is 3.69. The summed E-state index contributed by atoms with van der Waals surface area (Å²) < 4.78 is 10.6. The smallest absolute Gasteiger partial charge is 0.122 e. The third-order valence-corrected chi connectivity index (χ3v) is 4.37. The molecule has 0 radical (unpaired) electrons. The van der Waals surface area contributed by atoms with Crippen molar-refractivity contribution in [1.29, 1.82) is 0 Å². The van der Waals surface area contributed by atoms with Crippen LogP contribution in [0.25, 0.3) is 0 Å². The molecule has 0 heterocycles. The molecule has 2 rings (SSSR count). The highest BCUT2D eigenvalue weighted by atomic mass is 16.5. The van der Waals surface area contributed by atoms with Gasteiger partial charge in [-0.05, 0) is 36.5 Å². The van der Waals surface area contributed by atoms with Crippen LogP contribution in [0.15, 0.2) is 18.2 Å². The minimum atomic E-state index is 0.658. The Balaban J connectivity index is 1.92. The molecule has 1 aliphatic carbocycles. The maximum atomic E-state index is 5.32. The van der Waals surface area contributed by atoms with Gasteiger partial charge in [-0.15, -0.1) is 0 Å². The second-order valence-electron chi connectivity index (χ2n) is 5.74. The van der Waals surface area contributed by atoms with Crippen molar-refractivity contribution in [3.05, 3.63) is 23.8 Å². The number of rotatable bonds is 6. The minimum Gasteiger partial charge on any atom is -0.497 e. The number of benzene rings is 1. The van der Waals surface area contributed by atoms with E-state index in [1.807, 2.05) is 6.07 Å². The Morgan fingerprint density at radius 3 is 2.40 bits per heavy atom. The maximum Gasteiger partial charge on any atom is 0.122 e. The van der Waals surface area contributed by atoms with Gasteiger partial charge in [-0.25, -0.2) is 0 Å². The quantitative estimate of drug-likeness (QED) is 0.858. The molecule has 1 fully saturated rings. The van der Waals surface area contributed by atoms with E-state index in [1.165, 1.54) is 37.7 Å². The van der Waals surface area contributed by atoms with Crippen LogP contribution in [0.2, 0.25) is 0 Å². The second-order valence-corrected chi connectivity index (χ2v) is 5.74. The SMILES string of the molecule is CCC1CCCC(NCc2cc(OC)cc(OC)c2)C1. The third kappa shape index (κ3) is 4.14. The lowest BCUT2D eigenvalue weighted by Crippen LogP contribution is -2.33. The second kappa shape index (κ2) is 7.53. The van der Waals surface area contributed by atoms with Crippen LogP contribution in [0.3, 0.4) is 0 Å². The molecule has 0 aromatic heterocycles. The Morgan fingerprint density at radius 1 is 1.10 bits per heavy atom. The monoisotopic (exact) mass is 277 g/mol. The molecule has 1 aliphatic rings. The van der Waals surface area contributed by atoms with Crippen molar-refractivity contribution < 1.29 is 9.47 Å². The van der Waals surface area contributed by atoms with Gasteiger partial charge in [-0.2, -0.15) is 0 Å². The maximum absolute atomic E-state index is 5.32. The van der Waals surface area contributed by atoms with Crippen LogP contribution in [-0.2, 0) is 6.54 Å². The molecule has 0 bridgehead atoms. The molecule has 20 heavy (non-hydrogen) atoms. The van der Waals surface area contributed by atoms with Crippen LogP contribution in [-0.4, -0.2) is 20.3 Å². The standard InChI is InChI=1S/C17H27NO2/c1-4-13-6-5-7-15(8-13)18-12-14-9-16(19-2)11-17(10-14)20-3/h9-11,13,15,18H,4-8,12H2,1-3H3. The van der Waals surface area contributed by atoms with Gasteiger partial charge in [0.2, 0.25) is 0 Å². The van der Waals surface area contributed by atoms with Gasteiger partial charge in [0.15, 0.2) is 0 Å². The van der Waals surface area contributed by atoms with Gasteiger partial charge in [-0.3, -0.25) is 0 Å². The first kappa shape index (κ1) is 15.2. The Hall–Kier alpha value is -1.22. The summed E-state index contributed by atoms with van der Waals surface area (Å²) >= 11 is 0. The summed E-state index contributed by atoms with van der Waals surface area (Å²) in [7, 11) is 3.39. The van der Waals surface area contributed by atoms with Crippen molar-refractivity contribution >= 4 is 0 Å². The summed E-state index contributed by atoms with van der Waals surface area (Å²) in [6.07, 6.45) is 6.69. The van der Waals surface area contributed by atoms with Crippen LogP contribution in [0.1, 0.15) is 44.6 Å². The third-order valence-electron chi connectivity index (χ3n) is 4.37. The number of hydrogen-bond acceptors (Lipinski definition) is 3. The van der Waals surface area contributed by atoms with E-state index in [9.17, 15) is 0 Å². The number of ether oxygens (including phenoxy) is 2. The Morgan fingerprint density at radius 2 is 1.80 bits per heavy atom. The molecule has 0 amide bonds. The topological polar surface area (TPSA) is 30.5 Å². The van der Waals surface area contributed by atoms with Crippen LogP contribution in [0, 0.1) is 5.92 Å². The van der Waals surface area contributed by atoms with E-state index in [-0.39, 0.29) is 0 Å². The molecule has 0 spiro atoms. The van der Waals surface area contributed by atoms with Crippen molar-refractivity contribution in [2.75, 3.05) is 14.2 Å². The molecule has 0 aliphatic heterocycles. The van der Waals surface area contributed by atoms with E-state index in [1.54, 1.807) is 14.2 Å². The molecule has 1 saturated carbocycles. The first-order valence-electron chi connectivity index (χ1n) is 7.70. The summed E-state index contributed by atoms with van der Waals surface area (Å²) in [4.78, 5) is 0. The van der Waals surface area contributed by atoms with Crippen LogP contribution < -0.4 is 14.8 Å². The molecule has 1 aromatic carbocycles. The predicted octanol–water partition coefficient (Wildman–Crippen LogP) is 3.76. The van der Waals surface area contributed by atoms with Crippen molar-refractivity contribution in [3.63, 3.8) is 0 Å². The Bertz CT molecular complexity index is 397.